The Kier molecular flexibility index (Phi) is 11.7. The predicted octanol–water partition coefficient (Wildman–Crippen LogP) is 7.45. The van der Waals surface area contributed by atoms with E-state index < -0.39 is 5.97 Å². The number of carbonyl (C=O) groups excluding carboxylic acids is 1. The molecule has 2 aromatic carbocycles. The maximum atomic E-state index is 12.3. The van der Waals surface area contributed by atoms with Crippen molar-refractivity contribution in [2.75, 3.05) is 6.61 Å². The molecule has 1 unspecified atom stereocenters. The van der Waals surface area contributed by atoms with Crippen LogP contribution in [0.5, 0.6) is 5.75 Å². The zero-order valence-corrected chi connectivity index (χ0v) is 18.5. The molecule has 0 saturated heterocycles. The van der Waals surface area contributed by atoms with E-state index in [0.29, 0.717) is 12.2 Å². The Hall–Kier alpha value is -2.33. The van der Waals surface area contributed by atoms with Gasteiger partial charge in [-0.05, 0) is 31.0 Å². The summed E-state index contributed by atoms with van der Waals surface area (Å²) in [7, 11) is 0. The van der Waals surface area contributed by atoms with Gasteiger partial charge in [0.25, 0.3) is 0 Å². The summed E-state index contributed by atoms with van der Waals surface area (Å²) < 4.78 is 6.04. The molecule has 0 aromatic heterocycles. The number of rotatable bonds is 15. The summed E-state index contributed by atoms with van der Waals surface area (Å²) in [4.78, 5) is 23.3. The van der Waals surface area contributed by atoms with Gasteiger partial charge in [0, 0.05) is 5.56 Å². The maximum absolute atomic E-state index is 12.3. The Bertz CT molecular complexity index is 714. The van der Waals surface area contributed by atoms with E-state index in [0.717, 1.165) is 49.8 Å². The molecule has 2 aromatic rings. The second kappa shape index (κ2) is 14.6. The zero-order chi connectivity index (χ0) is 21.4. The lowest BCUT2D eigenvalue weighted by atomic mass is 10.0. The summed E-state index contributed by atoms with van der Waals surface area (Å²) in [6, 6.07) is 16.8. The largest absolute Gasteiger partial charge is 0.493 e. The molecule has 4 heteroatoms. The zero-order valence-electron chi connectivity index (χ0n) is 18.5. The third-order valence-electron chi connectivity index (χ3n) is 5.09. The minimum Gasteiger partial charge on any atom is -0.493 e. The lowest BCUT2D eigenvalue weighted by Crippen LogP contribution is -2.12. The van der Waals surface area contributed by atoms with Crippen molar-refractivity contribution < 1.29 is 19.3 Å². The maximum Gasteiger partial charge on any atom is 0.373 e. The molecule has 0 spiro atoms. The molecule has 164 valence electrons. The Morgan fingerprint density at radius 3 is 2.23 bits per heavy atom. The molecule has 4 nitrogen and oxygen atoms in total. The van der Waals surface area contributed by atoms with Crippen molar-refractivity contribution in [3.63, 3.8) is 0 Å². The van der Waals surface area contributed by atoms with Gasteiger partial charge in [-0.1, -0.05) is 95.2 Å². The molecule has 2 rings (SSSR count). The fourth-order valence-electron chi connectivity index (χ4n) is 3.33. The van der Waals surface area contributed by atoms with Gasteiger partial charge in [-0.25, -0.2) is 4.79 Å². The van der Waals surface area contributed by atoms with Crippen LogP contribution in [0.4, 0.5) is 0 Å². The quantitative estimate of drug-likeness (QED) is 0.173. The summed E-state index contributed by atoms with van der Waals surface area (Å²) in [5.41, 5.74) is 1.41. The second-order valence-electron chi connectivity index (χ2n) is 7.62. The minimum absolute atomic E-state index is 0.346. The third-order valence-corrected chi connectivity index (χ3v) is 5.09. The molecule has 0 amide bonds. The molecule has 0 fully saturated rings. The average Bonchev–Trinajstić information content (AvgIpc) is 2.79. The number of hydrogen-bond acceptors (Lipinski definition) is 4. The highest BCUT2D eigenvalue weighted by Gasteiger charge is 2.20. The van der Waals surface area contributed by atoms with Crippen LogP contribution in [0.25, 0.3) is 0 Å². The molecule has 1 atom stereocenters. The second-order valence-corrected chi connectivity index (χ2v) is 7.62. The van der Waals surface area contributed by atoms with Gasteiger partial charge in [0.15, 0.2) is 0 Å². The van der Waals surface area contributed by atoms with E-state index in [1.165, 1.54) is 19.3 Å². The van der Waals surface area contributed by atoms with Crippen molar-refractivity contribution >= 4 is 5.97 Å². The highest BCUT2D eigenvalue weighted by molar-refractivity contribution is 5.88. The van der Waals surface area contributed by atoms with Crippen LogP contribution in [0.2, 0.25) is 0 Å². The molecule has 0 heterocycles. The minimum atomic E-state index is -0.479. The van der Waals surface area contributed by atoms with Gasteiger partial charge in [-0.2, -0.15) is 4.89 Å². The molecule has 0 aliphatic heterocycles. The van der Waals surface area contributed by atoms with Gasteiger partial charge in [0.1, 0.15) is 11.9 Å². The first-order chi connectivity index (χ1) is 14.8. The fraction of sp³-hybridized carbons (Fsp3) is 0.500. The lowest BCUT2D eigenvalue weighted by Gasteiger charge is -2.20. The molecular weight excluding hydrogens is 376 g/mol. The van der Waals surface area contributed by atoms with Crippen LogP contribution >= 0.6 is 0 Å². The van der Waals surface area contributed by atoms with E-state index in [1.54, 1.807) is 24.3 Å². The topological polar surface area (TPSA) is 44.8 Å². The van der Waals surface area contributed by atoms with E-state index in [-0.39, 0.29) is 6.10 Å². The molecule has 0 radical (unpaired) electrons. The van der Waals surface area contributed by atoms with Gasteiger partial charge >= 0.3 is 5.97 Å². The van der Waals surface area contributed by atoms with Crippen LogP contribution in [-0.4, -0.2) is 12.6 Å². The Balaban J connectivity index is 2.04. The van der Waals surface area contributed by atoms with Gasteiger partial charge in [-0.3, -0.25) is 4.89 Å². The van der Waals surface area contributed by atoms with Crippen molar-refractivity contribution in [1.29, 1.82) is 0 Å². The van der Waals surface area contributed by atoms with E-state index in [2.05, 4.69) is 13.8 Å². The Labute approximate surface area is 181 Å². The van der Waals surface area contributed by atoms with Crippen LogP contribution in [0, 0.1) is 0 Å². The number of para-hydroxylation sites is 1. The highest BCUT2D eigenvalue weighted by Crippen LogP contribution is 2.32. The van der Waals surface area contributed by atoms with Crippen LogP contribution < -0.4 is 4.74 Å². The van der Waals surface area contributed by atoms with Crippen LogP contribution in [0.1, 0.15) is 93.7 Å². The first-order valence-corrected chi connectivity index (χ1v) is 11.4. The van der Waals surface area contributed by atoms with E-state index >= 15 is 0 Å². The Morgan fingerprint density at radius 2 is 1.47 bits per heavy atom. The van der Waals surface area contributed by atoms with Gasteiger partial charge in [0.05, 0.1) is 12.2 Å². The molecule has 0 aliphatic rings. The molecule has 0 N–H and O–H groups in total. The van der Waals surface area contributed by atoms with Crippen molar-refractivity contribution in [2.24, 2.45) is 0 Å². The molecule has 0 bridgehead atoms. The molecule has 0 saturated carbocycles. The van der Waals surface area contributed by atoms with E-state index in [4.69, 9.17) is 14.5 Å². The molecule has 30 heavy (non-hydrogen) atoms. The summed E-state index contributed by atoms with van der Waals surface area (Å²) in [6.45, 7) is 5.07. The van der Waals surface area contributed by atoms with E-state index in [9.17, 15) is 4.79 Å². The first-order valence-electron chi connectivity index (χ1n) is 11.4. The summed E-state index contributed by atoms with van der Waals surface area (Å²) in [5.74, 6) is 0.329. The number of benzene rings is 2. The number of carbonyl (C=O) groups is 1. The average molecular weight is 413 g/mol. The summed E-state index contributed by atoms with van der Waals surface area (Å²) >= 11 is 0. The summed E-state index contributed by atoms with van der Waals surface area (Å²) in [5, 5.41) is 0. The Morgan fingerprint density at radius 1 is 0.800 bits per heavy atom. The third kappa shape index (κ3) is 8.58. The van der Waals surface area contributed by atoms with Gasteiger partial charge in [0.2, 0.25) is 0 Å². The smallest absolute Gasteiger partial charge is 0.373 e. The molecular formula is C26H36O4. The van der Waals surface area contributed by atoms with Crippen molar-refractivity contribution in [3.8, 4) is 5.75 Å². The number of unbranched alkanes of at least 4 members (excludes halogenated alkanes) is 6. The summed E-state index contributed by atoms with van der Waals surface area (Å²) in [6.07, 6.45) is 9.58. The SMILES string of the molecule is CCCCCCCC(OOC(=O)c1ccccc1)c1ccccc1OCCCCC. The van der Waals surface area contributed by atoms with Crippen molar-refractivity contribution in [1.82, 2.24) is 0 Å². The molecule has 0 aliphatic carbocycles. The van der Waals surface area contributed by atoms with Gasteiger partial charge in [-0.15, -0.1) is 0 Å². The lowest BCUT2D eigenvalue weighted by molar-refractivity contribution is -0.279. The fourth-order valence-corrected chi connectivity index (χ4v) is 3.33. The van der Waals surface area contributed by atoms with Crippen LogP contribution in [0.3, 0.4) is 0 Å². The van der Waals surface area contributed by atoms with Crippen LogP contribution in [-0.2, 0) is 9.78 Å². The first kappa shape index (κ1) is 23.9. The standard InChI is InChI=1S/C26H36O4/c1-3-5-7-8-12-20-25(29-30-26(27)22-16-10-9-11-17-22)23-18-13-14-19-24(23)28-21-15-6-4-2/h9-11,13-14,16-19,25H,3-8,12,15,20-21H2,1-2H3. The highest BCUT2D eigenvalue weighted by atomic mass is 17.2. The van der Waals surface area contributed by atoms with Crippen molar-refractivity contribution in [3.05, 3.63) is 65.7 Å². The van der Waals surface area contributed by atoms with Crippen molar-refractivity contribution in [2.45, 2.75) is 77.7 Å². The number of hydrogen-bond donors (Lipinski definition) is 0. The van der Waals surface area contributed by atoms with Gasteiger partial charge < -0.3 is 4.74 Å². The number of ether oxygens (including phenoxy) is 1. The van der Waals surface area contributed by atoms with E-state index in [1.807, 2.05) is 30.3 Å². The monoisotopic (exact) mass is 412 g/mol. The predicted molar refractivity (Wildman–Crippen MR) is 121 cm³/mol. The van der Waals surface area contributed by atoms with Crippen LogP contribution in [0.15, 0.2) is 54.6 Å². The normalized spacial score (nSPS) is 11.8.